The van der Waals surface area contributed by atoms with Gasteiger partial charge in [0, 0.05) is 56.9 Å². The summed E-state index contributed by atoms with van der Waals surface area (Å²) < 4.78 is 49.6. The second-order valence-corrected chi connectivity index (χ2v) is 20.8. The van der Waals surface area contributed by atoms with E-state index in [-0.39, 0.29) is 34.2 Å². The Balaban J connectivity index is 1.18. The van der Waals surface area contributed by atoms with Crippen LogP contribution >= 0.6 is 15.9 Å². The zero-order valence-corrected chi connectivity index (χ0v) is 29.3. The van der Waals surface area contributed by atoms with Gasteiger partial charge in [0.1, 0.15) is 24.1 Å². The Labute approximate surface area is 269 Å². The zero-order chi connectivity index (χ0) is 31.0. The van der Waals surface area contributed by atoms with Gasteiger partial charge in [-0.3, -0.25) is 9.80 Å². The van der Waals surface area contributed by atoms with Gasteiger partial charge in [0.25, 0.3) is 0 Å². The SMILES string of the molecule is CC(C)(C)[Si](C)(C)OCCN1CC2CCC(C1)N2c1nc(OC[C@@]23CCCN2C[C@H](F)C3)nc2c(F)c(Br)c3c(c12)COC3. The third-order valence-electron chi connectivity index (χ3n) is 11.4. The van der Waals surface area contributed by atoms with Crippen LogP contribution in [0, 0.1) is 5.82 Å². The molecule has 7 rings (SSSR count). The second-order valence-electron chi connectivity index (χ2n) is 15.2. The summed E-state index contributed by atoms with van der Waals surface area (Å²) in [5.41, 5.74) is 1.72. The Morgan fingerprint density at radius 2 is 1.82 bits per heavy atom. The van der Waals surface area contributed by atoms with Crippen molar-refractivity contribution in [3.05, 3.63) is 21.4 Å². The van der Waals surface area contributed by atoms with Gasteiger partial charge < -0.3 is 18.8 Å². The summed E-state index contributed by atoms with van der Waals surface area (Å²) in [6.07, 6.45) is 3.65. The number of hydrogen-bond donors (Lipinski definition) is 0. The molecule has 0 amide bonds. The monoisotopic (exact) mass is 693 g/mol. The molecule has 2 aromatic rings. The fourth-order valence-corrected chi connectivity index (χ4v) is 9.59. The number of nitrogens with zero attached hydrogens (tertiary/aromatic N) is 5. The molecule has 0 aliphatic carbocycles. The highest BCUT2D eigenvalue weighted by Crippen LogP contribution is 2.45. The maximum atomic E-state index is 16.0. The van der Waals surface area contributed by atoms with Gasteiger partial charge in [-0.1, -0.05) is 20.8 Å². The molecule has 6 heterocycles. The molecule has 4 atom stereocenters. The van der Waals surface area contributed by atoms with Crippen molar-refractivity contribution < 1.29 is 22.7 Å². The van der Waals surface area contributed by atoms with E-state index in [1.807, 2.05) is 0 Å². The second kappa shape index (κ2) is 11.4. The molecule has 12 heteroatoms. The van der Waals surface area contributed by atoms with Crippen LogP contribution in [0.2, 0.25) is 18.1 Å². The zero-order valence-electron chi connectivity index (χ0n) is 26.7. The Morgan fingerprint density at radius 1 is 1.09 bits per heavy atom. The minimum Gasteiger partial charge on any atom is -0.461 e. The Morgan fingerprint density at radius 3 is 2.55 bits per heavy atom. The third-order valence-corrected chi connectivity index (χ3v) is 16.8. The molecule has 2 unspecified atom stereocenters. The first-order chi connectivity index (χ1) is 20.9. The van der Waals surface area contributed by atoms with Gasteiger partial charge in [0.15, 0.2) is 14.1 Å². The number of aromatic nitrogens is 2. The molecule has 4 fully saturated rings. The van der Waals surface area contributed by atoms with Crippen LogP contribution in [0.1, 0.15) is 64.0 Å². The number of anilines is 1. The van der Waals surface area contributed by atoms with Crippen molar-refractivity contribution in [1.29, 1.82) is 0 Å². The number of halogens is 3. The topological polar surface area (TPSA) is 63.2 Å². The minimum absolute atomic E-state index is 0.172. The molecule has 8 nitrogen and oxygen atoms in total. The molecule has 44 heavy (non-hydrogen) atoms. The number of rotatable bonds is 8. The van der Waals surface area contributed by atoms with Gasteiger partial charge >= 0.3 is 6.01 Å². The molecule has 5 aliphatic heterocycles. The predicted molar refractivity (Wildman–Crippen MR) is 173 cm³/mol. The smallest absolute Gasteiger partial charge is 0.319 e. The molecule has 2 bridgehead atoms. The van der Waals surface area contributed by atoms with Crippen molar-refractivity contribution in [2.75, 3.05) is 50.8 Å². The van der Waals surface area contributed by atoms with Gasteiger partial charge in [-0.15, -0.1) is 0 Å². The van der Waals surface area contributed by atoms with E-state index in [4.69, 9.17) is 18.9 Å². The van der Waals surface area contributed by atoms with E-state index in [0.717, 1.165) is 80.8 Å². The average molecular weight is 695 g/mol. The van der Waals surface area contributed by atoms with Gasteiger partial charge in [0.2, 0.25) is 0 Å². The quantitative estimate of drug-likeness (QED) is 0.304. The van der Waals surface area contributed by atoms with Crippen molar-refractivity contribution in [2.24, 2.45) is 0 Å². The van der Waals surface area contributed by atoms with Crippen molar-refractivity contribution in [3.8, 4) is 6.01 Å². The van der Waals surface area contributed by atoms with E-state index in [0.29, 0.717) is 37.3 Å². The summed E-state index contributed by atoms with van der Waals surface area (Å²) >= 11 is 3.49. The number of benzene rings is 1. The highest BCUT2D eigenvalue weighted by Gasteiger charge is 2.50. The normalized spacial score (nSPS) is 29.2. The maximum Gasteiger partial charge on any atom is 0.319 e. The molecule has 1 aromatic carbocycles. The molecule has 5 aliphatic rings. The number of likely N-dealkylation sites (tertiary alicyclic amines) is 1. The Kier molecular flexibility index (Phi) is 8.05. The van der Waals surface area contributed by atoms with Gasteiger partial charge in [-0.2, -0.15) is 9.97 Å². The standard InChI is InChI=1S/C32H46BrF2N5O3Si/c1-31(2,3)44(4,5)43-12-11-38-15-21-7-8-22(16-38)40(21)29-25-23-17-41-18-24(23)26(33)27(35)28(25)36-30(37-29)42-19-32-9-6-10-39(32)14-20(34)13-32/h20-22H,6-19H2,1-5H3/t20-,21?,22?,32+/m1/s1. The molecular weight excluding hydrogens is 648 g/mol. The summed E-state index contributed by atoms with van der Waals surface area (Å²) in [5, 5.41) is 0.927. The molecule has 1 aromatic heterocycles. The third kappa shape index (κ3) is 5.29. The number of piperazine rings is 1. The van der Waals surface area contributed by atoms with Gasteiger partial charge in [-0.25, -0.2) is 8.78 Å². The maximum absolute atomic E-state index is 16.0. The van der Waals surface area contributed by atoms with E-state index in [9.17, 15) is 4.39 Å². The molecule has 4 saturated heterocycles. The van der Waals surface area contributed by atoms with Crippen LogP contribution in [-0.2, 0) is 22.4 Å². The Bertz CT molecular complexity index is 1430. The lowest BCUT2D eigenvalue weighted by molar-refractivity contribution is 0.107. The van der Waals surface area contributed by atoms with E-state index >= 15 is 4.39 Å². The van der Waals surface area contributed by atoms with Crippen molar-refractivity contribution in [2.45, 2.75) is 108 Å². The lowest BCUT2D eigenvalue weighted by atomic mass is 9.95. The number of hydrogen-bond acceptors (Lipinski definition) is 8. The van der Waals surface area contributed by atoms with Crippen LogP contribution < -0.4 is 9.64 Å². The van der Waals surface area contributed by atoms with Crippen molar-refractivity contribution >= 4 is 41.0 Å². The number of ether oxygens (including phenoxy) is 2. The molecule has 0 radical (unpaired) electrons. The van der Waals surface area contributed by atoms with Crippen LogP contribution in [0.4, 0.5) is 14.6 Å². The summed E-state index contributed by atoms with van der Waals surface area (Å²) in [4.78, 5) is 16.9. The van der Waals surface area contributed by atoms with E-state index in [2.05, 4.69) is 69.5 Å². The van der Waals surface area contributed by atoms with Crippen molar-refractivity contribution in [1.82, 2.24) is 19.8 Å². The van der Waals surface area contributed by atoms with Crippen LogP contribution in [0.25, 0.3) is 10.9 Å². The summed E-state index contributed by atoms with van der Waals surface area (Å²) in [6, 6.07) is 0.678. The highest BCUT2D eigenvalue weighted by molar-refractivity contribution is 9.10. The van der Waals surface area contributed by atoms with E-state index in [1.165, 1.54) is 0 Å². The Hall–Kier alpha value is -1.44. The van der Waals surface area contributed by atoms with Gasteiger partial charge in [-0.05, 0) is 71.9 Å². The van der Waals surface area contributed by atoms with Crippen LogP contribution in [0.3, 0.4) is 0 Å². The summed E-state index contributed by atoms with van der Waals surface area (Å²) in [6.45, 7) is 17.3. The first-order valence-electron chi connectivity index (χ1n) is 16.3. The number of alkyl halides is 1. The van der Waals surface area contributed by atoms with Gasteiger partial charge in [0.05, 0.1) is 28.6 Å². The van der Waals surface area contributed by atoms with Crippen LogP contribution in [-0.4, -0.2) is 97.8 Å². The average Bonchev–Trinajstić information content (AvgIpc) is 3.71. The minimum atomic E-state index is -1.80. The molecule has 0 spiro atoms. The predicted octanol–water partition coefficient (Wildman–Crippen LogP) is 6.19. The lowest BCUT2D eigenvalue weighted by Gasteiger charge is -2.43. The number of fused-ring (bicyclic) bond motifs is 6. The summed E-state index contributed by atoms with van der Waals surface area (Å²) in [7, 11) is -1.80. The largest absolute Gasteiger partial charge is 0.461 e. The van der Waals surface area contributed by atoms with Crippen LogP contribution in [0.5, 0.6) is 6.01 Å². The lowest BCUT2D eigenvalue weighted by Crippen LogP contribution is -2.55. The first kappa shape index (κ1) is 31.2. The first-order valence-corrected chi connectivity index (χ1v) is 20.0. The summed E-state index contributed by atoms with van der Waals surface area (Å²) in [5.74, 6) is 0.343. The van der Waals surface area contributed by atoms with E-state index < -0.39 is 20.3 Å². The molecule has 242 valence electrons. The van der Waals surface area contributed by atoms with Crippen LogP contribution in [0.15, 0.2) is 4.47 Å². The van der Waals surface area contributed by atoms with Crippen molar-refractivity contribution in [3.63, 3.8) is 0 Å². The fraction of sp³-hybridized carbons (Fsp3) is 0.750. The molecular formula is C32H46BrF2N5O3Si. The fourth-order valence-electron chi connectivity index (χ4n) is 8.01. The van der Waals surface area contributed by atoms with E-state index in [1.54, 1.807) is 0 Å². The molecule has 0 N–H and O–H groups in total. The highest BCUT2D eigenvalue weighted by atomic mass is 79.9. The molecule has 0 saturated carbocycles.